The van der Waals surface area contributed by atoms with Crippen LogP contribution in [0.1, 0.15) is 32.3 Å². The summed E-state index contributed by atoms with van der Waals surface area (Å²) in [6.45, 7) is 4.41. The molecule has 7 heteroatoms. The molecule has 25 heavy (non-hydrogen) atoms. The number of carbonyl (C=O) groups is 3. The number of nitrogens with one attached hydrogen (secondary N) is 1. The summed E-state index contributed by atoms with van der Waals surface area (Å²) >= 11 is 3.46. The van der Waals surface area contributed by atoms with E-state index < -0.39 is 17.4 Å². The van der Waals surface area contributed by atoms with Gasteiger partial charge in [-0.15, -0.1) is 0 Å². The highest BCUT2D eigenvalue weighted by Crippen LogP contribution is 2.49. The van der Waals surface area contributed by atoms with Gasteiger partial charge in [0.2, 0.25) is 17.4 Å². The molecule has 3 N–H and O–H groups in total. The molecule has 0 bridgehead atoms. The van der Waals surface area contributed by atoms with Crippen LogP contribution >= 0.6 is 15.9 Å². The Morgan fingerprint density at radius 3 is 2.76 bits per heavy atom. The van der Waals surface area contributed by atoms with E-state index in [9.17, 15) is 14.4 Å². The second-order valence-electron chi connectivity index (χ2n) is 7.22. The van der Waals surface area contributed by atoms with Crippen molar-refractivity contribution in [1.29, 1.82) is 0 Å². The predicted molar refractivity (Wildman–Crippen MR) is 94.4 cm³/mol. The average molecular weight is 407 g/mol. The number of fused-ring (bicyclic) bond motifs is 4. The van der Waals surface area contributed by atoms with Crippen LogP contribution in [-0.2, 0) is 19.9 Å². The van der Waals surface area contributed by atoms with Crippen molar-refractivity contribution in [2.45, 2.75) is 38.3 Å². The largest absolute Gasteiger partial charge is 0.326 e. The summed E-state index contributed by atoms with van der Waals surface area (Å²) in [5, 5.41) is 4.83. The number of hydrogen-bond acceptors (Lipinski definition) is 3. The molecule has 4 rings (SSSR count). The summed E-state index contributed by atoms with van der Waals surface area (Å²) in [6, 6.07) is 5.48. The van der Waals surface area contributed by atoms with Crippen molar-refractivity contribution in [3.8, 4) is 0 Å². The number of anilines is 1. The second-order valence-corrected chi connectivity index (χ2v) is 8.14. The number of amides is 3. The lowest BCUT2D eigenvalue weighted by molar-refractivity contribution is -0.730. The van der Waals surface area contributed by atoms with E-state index in [0.29, 0.717) is 6.54 Å². The molecule has 1 aromatic rings. The Hall–Kier alpha value is -1.73. The summed E-state index contributed by atoms with van der Waals surface area (Å²) in [5.74, 6) is -1.60. The normalized spacial score (nSPS) is 33.2. The van der Waals surface area contributed by atoms with Crippen molar-refractivity contribution in [3.05, 3.63) is 28.2 Å². The van der Waals surface area contributed by atoms with Crippen LogP contribution in [0.25, 0.3) is 0 Å². The zero-order valence-corrected chi connectivity index (χ0v) is 15.8. The van der Waals surface area contributed by atoms with Gasteiger partial charge in [0.05, 0.1) is 11.7 Å². The highest BCUT2D eigenvalue weighted by atomic mass is 79.9. The van der Waals surface area contributed by atoms with E-state index in [2.05, 4.69) is 21.2 Å². The number of carbonyl (C=O) groups excluding carboxylic acids is 3. The second kappa shape index (κ2) is 5.64. The van der Waals surface area contributed by atoms with Crippen LogP contribution in [0.3, 0.4) is 0 Å². The van der Waals surface area contributed by atoms with E-state index in [1.54, 1.807) is 0 Å². The summed E-state index contributed by atoms with van der Waals surface area (Å²) < 4.78 is 0.853. The molecule has 0 saturated carbocycles. The number of nitrogens with two attached hydrogens (primary N) is 1. The first-order valence-corrected chi connectivity index (χ1v) is 9.53. The zero-order chi connectivity index (χ0) is 17.9. The van der Waals surface area contributed by atoms with E-state index in [1.807, 2.05) is 37.4 Å². The molecule has 132 valence electrons. The van der Waals surface area contributed by atoms with E-state index in [4.69, 9.17) is 0 Å². The Labute approximate surface area is 154 Å². The number of benzene rings is 1. The van der Waals surface area contributed by atoms with Gasteiger partial charge in [0.1, 0.15) is 11.8 Å². The maximum atomic E-state index is 13.1. The average Bonchev–Trinajstić information content (AvgIpc) is 3.12. The van der Waals surface area contributed by atoms with Gasteiger partial charge in [-0.05, 0) is 31.5 Å². The van der Waals surface area contributed by atoms with E-state index >= 15 is 0 Å². The first-order chi connectivity index (χ1) is 11.9. The third-order valence-electron chi connectivity index (χ3n) is 5.81. The van der Waals surface area contributed by atoms with Gasteiger partial charge in [0.25, 0.3) is 5.91 Å². The lowest BCUT2D eigenvalue weighted by Crippen LogP contribution is -2.98. The highest BCUT2D eigenvalue weighted by molar-refractivity contribution is 9.10. The van der Waals surface area contributed by atoms with Gasteiger partial charge in [-0.3, -0.25) is 19.3 Å². The fourth-order valence-electron chi connectivity index (χ4n) is 4.71. The van der Waals surface area contributed by atoms with Crippen LogP contribution in [0.15, 0.2) is 22.7 Å². The Morgan fingerprint density at radius 2 is 2.04 bits per heavy atom. The summed E-state index contributed by atoms with van der Waals surface area (Å²) in [7, 11) is 0. The lowest BCUT2D eigenvalue weighted by Gasteiger charge is -2.25. The first-order valence-electron chi connectivity index (χ1n) is 8.74. The maximum Gasteiger partial charge on any atom is 0.291 e. The molecule has 3 aliphatic rings. The number of likely N-dealkylation sites (tertiary alicyclic amines) is 1. The fourth-order valence-corrected chi connectivity index (χ4v) is 5.07. The molecular formula is C18H21BrN3O3+. The van der Waals surface area contributed by atoms with Crippen molar-refractivity contribution in [3.63, 3.8) is 0 Å². The number of rotatable bonds is 3. The minimum absolute atomic E-state index is 0.122. The van der Waals surface area contributed by atoms with Crippen LogP contribution in [0.4, 0.5) is 5.69 Å². The molecule has 0 aliphatic carbocycles. The molecule has 0 unspecified atom stereocenters. The molecule has 3 amide bonds. The van der Waals surface area contributed by atoms with Gasteiger partial charge >= 0.3 is 0 Å². The Bertz CT molecular complexity index is 796. The third kappa shape index (κ3) is 2.08. The van der Waals surface area contributed by atoms with Crippen LogP contribution in [0.5, 0.6) is 0 Å². The first kappa shape index (κ1) is 16.7. The lowest BCUT2D eigenvalue weighted by atomic mass is 9.76. The van der Waals surface area contributed by atoms with Crippen molar-refractivity contribution < 1.29 is 19.7 Å². The van der Waals surface area contributed by atoms with Gasteiger partial charge in [0.15, 0.2) is 0 Å². The van der Waals surface area contributed by atoms with Crippen molar-refractivity contribution in [2.75, 3.05) is 11.9 Å². The molecule has 4 atom stereocenters. The van der Waals surface area contributed by atoms with E-state index in [1.165, 1.54) is 4.90 Å². The number of imide groups is 1. The van der Waals surface area contributed by atoms with E-state index in [-0.39, 0.29) is 23.8 Å². The zero-order valence-electron chi connectivity index (χ0n) is 14.2. The van der Waals surface area contributed by atoms with Crippen molar-refractivity contribution in [1.82, 2.24) is 4.90 Å². The number of quaternary nitrogens is 1. The van der Waals surface area contributed by atoms with Crippen LogP contribution in [0, 0.1) is 11.8 Å². The molecule has 1 aromatic carbocycles. The number of halogens is 1. The van der Waals surface area contributed by atoms with E-state index in [0.717, 1.165) is 28.6 Å². The standard InChI is InChI=1S/C18H20BrN3O3/c1-3-4-7-22-15(23)13-9(2)21-18(14(13)16(22)24)11-8-10(19)5-6-12(11)20-17(18)25/h5-6,8-9,13-14,21H,3-4,7H2,1-2H3,(H,20,25)/p+1/t9-,13+,14-,18+/m0/s1. The molecule has 3 aliphatic heterocycles. The van der Waals surface area contributed by atoms with Crippen LogP contribution < -0.4 is 10.6 Å². The van der Waals surface area contributed by atoms with Crippen molar-refractivity contribution >= 4 is 39.3 Å². The Morgan fingerprint density at radius 1 is 1.28 bits per heavy atom. The maximum absolute atomic E-state index is 13.1. The fraction of sp³-hybridized carbons (Fsp3) is 0.500. The molecule has 6 nitrogen and oxygen atoms in total. The van der Waals surface area contributed by atoms with Gasteiger partial charge in [-0.2, -0.15) is 0 Å². The third-order valence-corrected chi connectivity index (χ3v) is 6.30. The quantitative estimate of drug-likeness (QED) is 0.733. The van der Waals surface area contributed by atoms with Gasteiger partial charge < -0.3 is 10.6 Å². The summed E-state index contributed by atoms with van der Waals surface area (Å²) in [5.41, 5.74) is 0.478. The van der Waals surface area contributed by atoms with Crippen LogP contribution in [-0.4, -0.2) is 35.2 Å². The minimum Gasteiger partial charge on any atom is -0.326 e. The SMILES string of the molecule is CCCCN1C(=O)[C@@H]2[C@H](C)[NH2+][C@@]3(C(=O)Nc4ccc(Br)cc43)[C@@H]2C1=O. The van der Waals surface area contributed by atoms with Gasteiger partial charge in [-0.25, -0.2) is 0 Å². The number of nitrogens with zero attached hydrogens (tertiary/aromatic N) is 1. The molecule has 1 spiro atoms. The van der Waals surface area contributed by atoms with Gasteiger partial charge in [0, 0.05) is 16.6 Å². The highest BCUT2D eigenvalue weighted by Gasteiger charge is 2.73. The smallest absolute Gasteiger partial charge is 0.291 e. The number of hydrogen-bond donors (Lipinski definition) is 2. The summed E-state index contributed by atoms with van der Waals surface area (Å²) in [6.07, 6.45) is 1.70. The Kier molecular flexibility index (Phi) is 3.77. The summed E-state index contributed by atoms with van der Waals surface area (Å²) in [4.78, 5) is 40.4. The molecule has 3 heterocycles. The molecule has 2 fully saturated rings. The molecular weight excluding hydrogens is 386 g/mol. The topological polar surface area (TPSA) is 83.1 Å². The van der Waals surface area contributed by atoms with Crippen LogP contribution in [0.2, 0.25) is 0 Å². The number of unbranched alkanes of at least 4 members (excludes halogenated alkanes) is 1. The molecule has 2 saturated heterocycles. The van der Waals surface area contributed by atoms with Gasteiger partial charge in [-0.1, -0.05) is 29.3 Å². The van der Waals surface area contributed by atoms with Crippen molar-refractivity contribution in [2.24, 2.45) is 11.8 Å². The minimum atomic E-state index is -1.04. The monoisotopic (exact) mass is 406 g/mol. The molecule has 0 radical (unpaired) electrons. The molecule has 0 aromatic heterocycles. The predicted octanol–water partition coefficient (Wildman–Crippen LogP) is 0.963. The Balaban J connectivity index is 1.83.